The summed E-state index contributed by atoms with van der Waals surface area (Å²) in [5, 5.41) is 3.27. The lowest BCUT2D eigenvalue weighted by molar-refractivity contribution is 0.0671. The van der Waals surface area contributed by atoms with Crippen LogP contribution in [0.4, 0.5) is 11.5 Å². The molecule has 4 heterocycles. The molecule has 1 unspecified atom stereocenters. The number of hydrogen-bond acceptors (Lipinski definition) is 6. The maximum atomic E-state index is 12.9. The van der Waals surface area contributed by atoms with Crippen LogP contribution in [0.1, 0.15) is 52.3 Å². The standard InChI is InChI=1S/C22H25N5O2/c1-14-6-4-8-20(24-14)26-18-9-10-19(23-12-18)17-7-5-11-27(13-17)22(28)21-15(2)25-16(3)29-21/h4,6,8-10,12,17H,5,7,11,13H2,1-3H3,(H,24,26). The van der Waals surface area contributed by atoms with E-state index >= 15 is 0 Å². The molecule has 150 valence electrons. The van der Waals surface area contributed by atoms with E-state index in [0.717, 1.165) is 42.3 Å². The normalized spacial score (nSPS) is 16.7. The summed E-state index contributed by atoms with van der Waals surface area (Å²) in [4.78, 5) is 28.0. The Kier molecular flexibility index (Phi) is 5.29. The van der Waals surface area contributed by atoms with Crippen molar-refractivity contribution in [1.82, 2.24) is 19.9 Å². The number of oxazole rings is 1. The molecule has 0 aliphatic carbocycles. The number of aromatic nitrogens is 3. The first-order valence-electron chi connectivity index (χ1n) is 9.89. The molecule has 0 saturated carbocycles. The molecule has 0 aromatic carbocycles. The van der Waals surface area contributed by atoms with Crippen molar-refractivity contribution in [1.29, 1.82) is 0 Å². The van der Waals surface area contributed by atoms with Gasteiger partial charge in [-0.05, 0) is 51.0 Å². The number of aryl methyl sites for hydroxylation is 3. The zero-order valence-electron chi connectivity index (χ0n) is 17.0. The van der Waals surface area contributed by atoms with Gasteiger partial charge in [-0.25, -0.2) is 9.97 Å². The fourth-order valence-corrected chi connectivity index (χ4v) is 3.76. The summed E-state index contributed by atoms with van der Waals surface area (Å²) < 4.78 is 5.52. The van der Waals surface area contributed by atoms with Crippen LogP contribution in [0.5, 0.6) is 0 Å². The van der Waals surface area contributed by atoms with Gasteiger partial charge < -0.3 is 14.6 Å². The highest BCUT2D eigenvalue weighted by Gasteiger charge is 2.29. The molecule has 29 heavy (non-hydrogen) atoms. The number of carbonyl (C=O) groups excluding carboxylic acids is 1. The Morgan fingerprint density at radius 2 is 2.03 bits per heavy atom. The number of anilines is 2. The lowest BCUT2D eigenvalue weighted by atomic mass is 9.94. The van der Waals surface area contributed by atoms with Gasteiger partial charge in [0, 0.05) is 37.3 Å². The number of carbonyl (C=O) groups is 1. The van der Waals surface area contributed by atoms with Crippen molar-refractivity contribution in [2.45, 2.75) is 39.5 Å². The summed E-state index contributed by atoms with van der Waals surface area (Å²) in [7, 11) is 0. The van der Waals surface area contributed by atoms with Crippen LogP contribution in [0.25, 0.3) is 0 Å². The lowest BCUT2D eigenvalue weighted by Gasteiger charge is -2.32. The number of hydrogen-bond donors (Lipinski definition) is 1. The van der Waals surface area contributed by atoms with E-state index in [9.17, 15) is 4.79 Å². The zero-order chi connectivity index (χ0) is 20.4. The first-order chi connectivity index (χ1) is 14.0. The first-order valence-corrected chi connectivity index (χ1v) is 9.89. The van der Waals surface area contributed by atoms with Gasteiger partial charge in [0.05, 0.1) is 17.6 Å². The van der Waals surface area contributed by atoms with E-state index in [1.165, 1.54) is 0 Å². The van der Waals surface area contributed by atoms with Crippen LogP contribution in [0.15, 0.2) is 40.9 Å². The van der Waals surface area contributed by atoms with Gasteiger partial charge in [-0.1, -0.05) is 6.07 Å². The van der Waals surface area contributed by atoms with Gasteiger partial charge in [0.1, 0.15) is 5.82 Å². The van der Waals surface area contributed by atoms with E-state index in [-0.39, 0.29) is 11.8 Å². The molecule has 1 amide bonds. The molecule has 1 atom stereocenters. The Hall–Kier alpha value is -3.22. The lowest BCUT2D eigenvalue weighted by Crippen LogP contribution is -2.39. The predicted octanol–water partition coefficient (Wildman–Crippen LogP) is 4.15. The van der Waals surface area contributed by atoms with Gasteiger partial charge in [0.15, 0.2) is 5.89 Å². The molecule has 1 N–H and O–H groups in total. The highest BCUT2D eigenvalue weighted by molar-refractivity contribution is 5.92. The monoisotopic (exact) mass is 391 g/mol. The van der Waals surface area contributed by atoms with Crippen molar-refractivity contribution in [3.63, 3.8) is 0 Å². The largest absolute Gasteiger partial charge is 0.436 e. The number of pyridine rings is 2. The van der Waals surface area contributed by atoms with E-state index in [4.69, 9.17) is 4.42 Å². The second-order valence-electron chi connectivity index (χ2n) is 7.50. The zero-order valence-corrected chi connectivity index (χ0v) is 17.0. The molecule has 0 bridgehead atoms. The summed E-state index contributed by atoms with van der Waals surface area (Å²) in [5.41, 5.74) is 3.50. The molecule has 7 heteroatoms. The van der Waals surface area contributed by atoms with Crippen LogP contribution in [0.2, 0.25) is 0 Å². The highest BCUT2D eigenvalue weighted by Crippen LogP contribution is 2.28. The van der Waals surface area contributed by atoms with Crippen LogP contribution < -0.4 is 5.32 Å². The molecule has 1 aliphatic rings. The summed E-state index contributed by atoms with van der Waals surface area (Å²) in [6.07, 6.45) is 3.78. The van der Waals surface area contributed by atoms with Crippen molar-refractivity contribution in [3.8, 4) is 0 Å². The van der Waals surface area contributed by atoms with Crippen molar-refractivity contribution in [2.24, 2.45) is 0 Å². The topological polar surface area (TPSA) is 84.2 Å². The molecule has 4 rings (SSSR count). The molecule has 3 aromatic rings. The molecule has 0 spiro atoms. The minimum atomic E-state index is -0.0865. The van der Waals surface area contributed by atoms with E-state index in [0.29, 0.717) is 23.9 Å². The number of nitrogens with one attached hydrogen (secondary N) is 1. The minimum absolute atomic E-state index is 0.0865. The fourth-order valence-electron chi connectivity index (χ4n) is 3.76. The van der Waals surface area contributed by atoms with E-state index in [1.54, 1.807) is 6.92 Å². The van der Waals surface area contributed by atoms with Crippen molar-refractivity contribution in [3.05, 3.63) is 65.3 Å². The Labute approximate surface area is 170 Å². The molecule has 1 fully saturated rings. The van der Waals surface area contributed by atoms with Gasteiger partial charge >= 0.3 is 0 Å². The van der Waals surface area contributed by atoms with Gasteiger partial charge in [-0.3, -0.25) is 9.78 Å². The van der Waals surface area contributed by atoms with Gasteiger partial charge in [-0.2, -0.15) is 0 Å². The van der Waals surface area contributed by atoms with Crippen LogP contribution in [-0.2, 0) is 0 Å². The second kappa shape index (κ2) is 8.03. The first kappa shape index (κ1) is 19.1. The molecule has 3 aromatic heterocycles. The minimum Gasteiger partial charge on any atom is -0.436 e. The third-order valence-corrected chi connectivity index (χ3v) is 5.17. The molecule has 7 nitrogen and oxygen atoms in total. The fraction of sp³-hybridized carbons (Fsp3) is 0.364. The number of nitrogens with zero attached hydrogens (tertiary/aromatic N) is 4. The summed E-state index contributed by atoms with van der Waals surface area (Å²) in [5.74, 6) is 1.79. The SMILES string of the molecule is Cc1cccc(Nc2ccc(C3CCCN(C(=O)c4oc(C)nc4C)C3)nc2)n1. The average Bonchev–Trinajstić information content (AvgIpc) is 3.06. The predicted molar refractivity (Wildman–Crippen MR) is 110 cm³/mol. The van der Waals surface area contributed by atoms with Crippen LogP contribution in [-0.4, -0.2) is 38.8 Å². The summed E-state index contributed by atoms with van der Waals surface area (Å²) in [6, 6.07) is 9.90. The van der Waals surface area contributed by atoms with Crippen LogP contribution in [0.3, 0.4) is 0 Å². The van der Waals surface area contributed by atoms with Gasteiger partial charge in [0.2, 0.25) is 5.76 Å². The molecule has 0 radical (unpaired) electrons. The van der Waals surface area contributed by atoms with E-state index in [2.05, 4.69) is 20.3 Å². The molecular formula is C22H25N5O2. The van der Waals surface area contributed by atoms with E-state index < -0.39 is 0 Å². The Morgan fingerprint density at radius 1 is 1.17 bits per heavy atom. The molecular weight excluding hydrogens is 366 g/mol. The van der Waals surface area contributed by atoms with Crippen molar-refractivity contribution in [2.75, 3.05) is 18.4 Å². The maximum Gasteiger partial charge on any atom is 0.291 e. The Bertz CT molecular complexity index is 1010. The second-order valence-corrected chi connectivity index (χ2v) is 7.50. The summed E-state index contributed by atoms with van der Waals surface area (Å²) in [6.45, 7) is 6.89. The summed E-state index contributed by atoms with van der Waals surface area (Å²) >= 11 is 0. The van der Waals surface area contributed by atoms with E-state index in [1.807, 2.05) is 55.3 Å². The number of piperidine rings is 1. The Morgan fingerprint density at radius 3 is 2.72 bits per heavy atom. The third kappa shape index (κ3) is 4.29. The number of amides is 1. The van der Waals surface area contributed by atoms with Crippen molar-refractivity contribution < 1.29 is 9.21 Å². The average molecular weight is 391 g/mol. The van der Waals surface area contributed by atoms with Crippen molar-refractivity contribution >= 4 is 17.4 Å². The maximum absolute atomic E-state index is 12.9. The smallest absolute Gasteiger partial charge is 0.291 e. The highest BCUT2D eigenvalue weighted by atomic mass is 16.4. The molecule has 1 aliphatic heterocycles. The van der Waals surface area contributed by atoms with Crippen LogP contribution >= 0.6 is 0 Å². The molecule has 1 saturated heterocycles. The van der Waals surface area contributed by atoms with Gasteiger partial charge in [0.25, 0.3) is 5.91 Å². The Balaban J connectivity index is 1.44. The number of rotatable bonds is 4. The number of likely N-dealkylation sites (tertiary alicyclic amines) is 1. The van der Waals surface area contributed by atoms with Gasteiger partial charge in [-0.15, -0.1) is 0 Å². The van der Waals surface area contributed by atoms with Crippen LogP contribution in [0, 0.1) is 20.8 Å². The third-order valence-electron chi connectivity index (χ3n) is 5.17. The quantitative estimate of drug-likeness (QED) is 0.719.